The molecule has 0 saturated carbocycles. The average Bonchev–Trinajstić information content (AvgIpc) is 3.24. The first-order valence-electron chi connectivity index (χ1n) is 10.5. The Morgan fingerprint density at radius 3 is 2.70 bits per heavy atom. The zero-order valence-corrected chi connectivity index (χ0v) is 18.6. The maximum Gasteiger partial charge on any atom is 0.270 e. The Morgan fingerprint density at radius 1 is 1.24 bits per heavy atom. The Morgan fingerprint density at radius 2 is 1.97 bits per heavy atom. The third-order valence-corrected chi connectivity index (χ3v) is 6.05. The van der Waals surface area contributed by atoms with E-state index in [0.29, 0.717) is 36.3 Å². The number of halogens is 1. The van der Waals surface area contributed by atoms with E-state index >= 15 is 0 Å². The van der Waals surface area contributed by atoms with Gasteiger partial charge < -0.3 is 20.1 Å². The van der Waals surface area contributed by atoms with Crippen LogP contribution in [0.25, 0.3) is 11.4 Å². The lowest BCUT2D eigenvalue weighted by Crippen LogP contribution is -2.59. The summed E-state index contributed by atoms with van der Waals surface area (Å²) in [6.45, 7) is 2.91. The third-order valence-electron chi connectivity index (χ3n) is 5.56. The van der Waals surface area contributed by atoms with Gasteiger partial charge in [0.1, 0.15) is 17.7 Å². The second kappa shape index (κ2) is 8.49. The summed E-state index contributed by atoms with van der Waals surface area (Å²) in [4.78, 5) is 30.0. The minimum atomic E-state index is -0.921. The molecule has 2 aliphatic rings. The van der Waals surface area contributed by atoms with Crippen LogP contribution >= 0.6 is 11.6 Å². The van der Waals surface area contributed by atoms with E-state index in [1.165, 1.54) is 4.68 Å². The summed E-state index contributed by atoms with van der Waals surface area (Å²) < 4.78 is 12.3. The number of amides is 1. The highest BCUT2D eigenvalue weighted by Crippen LogP contribution is 2.26. The lowest BCUT2D eigenvalue weighted by atomic mass is 10.00. The van der Waals surface area contributed by atoms with Crippen LogP contribution in [0.1, 0.15) is 22.1 Å². The number of rotatable bonds is 6. The Labute approximate surface area is 195 Å². The minimum Gasteiger partial charge on any atom is -0.491 e. The summed E-state index contributed by atoms with van der Waals surface area (Å²) in [5, 5.41) is 9.48. The first-order chi connectivity index (χ1) is 15.9. The van der Waals surface area contributed by atoms with Gasteiger partial charge in [0.2, 0.25) is 5.95 Å². The molecule has 2 aliphatic heterocycles. The van der Waals surface area contributed by atoms with Crippen LogP contribution in [0.3, 0.4) is 0 Å². The van der Waals surface area contributed by atoms with Gasteiger partial charge in [0.25, 0.3) is 11.8 Å². The molecule has 1 fully saturated rings. The Kier molecular flexibility index (Phi) is 5.51. The quantitative estimate of drug-likeness (QED) is 0.536. The van der Waals surface area contributed by atoms with E-state index in [1.54, 1.807) is 24.3 Å². The van der Waals surface area contributed by atoms with Gasteiger partial charge in [0.05, 0.1) is 30.4 Å². The van der Waals surface area contributed by atoms with Crippen molar-refractivity contribution >= 4 is 29.4 Å². The van der Waals surface area contributed by atoms with Crippen LogP contribution in [0.5, 0.6) is 5.75 Å². The third kappa shape index (κ3) is 4.17. The van der Waals surface area contributed by atoms with Crippen molar-refractivity contribution in [3.63, 3.8) is 0 Å². The molecule has 1 saturated heterocycles. The standard InChI is InChI=1S/C23H22ClN5O4/c1-23(12-32-13-23)27-20(30)15-9-5-6-10-17(15)33-11-16-18(24)21(31)29-22(25-16)26-19(28-29)14-7-3-2-4-8-14/h2-10,16,18H,11-13H2,1H3,(H,27,30)(H,25,26,28). The van der Waals surface area contributed by atoms with Gasteiger partial charge in [-0.25, -0.2) is 0 Å². The van der Waals surface area contributed by atoms with Crippen molar-refractivity contribution in [1.29, 1.82) is 0 Å². The minimum absolute atomic E-state index is 0.0537. The molecule has 1 amide bonds. The van der Waals surface area contributed by atoms with Gasteiger partial charge in [-0.3, -0.25) is 9.59 Å². The molecule has 3 heterocycles. The number of nitrogens with one attached hydrogen (secondary N) is 2. The predicted octanol–water partition coefficient (Wildman–Crippen LogP) is 2.58. The van der Waals surface area contributed by atoms with E-state index < -0.39 is 17.3 Å². The first-order valence-corrected chi connectivity index (χ1v) is 11.0. The zero-order valence-electron chi connectivity index (χ0n) is 17.8. The van der Waals surface area contributed by atoms with Crippen LogP contribution in [-0.2, 0) is 4.74 Å². The van der Waals surface area contributed by atoms with Crippen LogP contribution in [-0.4, -0.2) is 63.4 Å². The summed E-state index contributed by atoms with van der Waals surface area (Å²) in [6, 6.07) is 15.7. The Balaban J connectivity index is 1.31. The smallest absolute Gasteiger partial charge is 0.270 e. The second-order valence-corrected chi connectivity index (χ2v) is 8.81. The van der Waals surface area contributed by atoms with Crippen molar-refractivity contribution in [2.24, 2.45) is 0 Å². The van der Waals surface area contributed by atoms with Crippen LogP contribution in [0.2, 0.25) is 0 Å². The highest BCUT2D eigenvalue weighted by molar-refractivity contribution is 6.32. The van der Waals surface area contributed by atoms with Crippen molar-refractivity contribution in [2.75, 3.05) is 25.1 Å². The zero-order chi connectivity index (χ0) is 23.0. The molecular weight excluding hydrogens is 446 g/mol. The van der Waals surface area contributed by atoms with Crippen molar-refractivity contribution in [3.05, 3.63) is 60.2 Å². The van der Waals surface area contributed by atoms with E-state index in [4.69, 9.17) is 21.1 Å². The van der Waals surface area contributed by atoms with E-state index in [0.717, 1.165) is 5.56 Å². The summed E-state index contributed by atoms with van der Waals surface area (Å²) >= 11 is 6.42. The molecule has 2 aromatic carbocycles. The van der Waals surface area contributed by atoms with Gasteiger partial charge in [-0.1, -0.05) is 42.5 Å². The molecule has 0 bridgehead atoms. The first kappa shape index (κ1) is 21.4. The fraction of sp³-hybridized carbons (Fsp3) is 0.304. The molecule has 10 heteroatoms. The molecule has 0 radical (unpaired) electrons. The van der Waals surface area contributed by atoms with E-state index in [9.17, 15) is 9.59 Å². The highest BCUT2D eigenvalue weighted by Gasteiger charge is 2.38. The van der Waals surface area contributed by atoms with E-state index in [2.05, 4.69) is 20.7 Å². The molecule has 5 rings (SSSR count). The number of carbonyl (C=O) groups excluding carboxylic acids is 2. The maximum absolute atomic E-state index is 12.8. The lowest BCUT2D eigenvalue weighted by Gasteiger charge is -2.38. The van der Waals surface area contributed by atoms with Crippen LogP contribution < -0.4 is 15.4 Å². The summed E-state index contributed by atoms with van der Waals surface area (Å²) in [5.41, 5.74) is 0.801. The fourth-order valence-corrected chi connectivity index (χ4v) is 3.93. The SMILES string of the molecule is CC1(NC(=O)c2ccccc2OCC2Nc3nc(-c4ccccc4)nn3C(=O)C2Cl)COC1. The molecule has 9 nitrogen and oxygen atoms in total. The molecule has 1 aromatic heterocycles. The van der Waals surface area contributed by atoms with Crippen LogP contribution in [0, 0.1) is 0 Å². The number of carbonyl (C=O) groups is 2. The van der Waals surface area contributed by atoms with Crippen molar-refractivity contribution in [2.45, 2.75) is 23.9 Å². The van der Waals surface area contributed by atoms with Gasteiger partial charge in [-0.2, -0.15) is 9.67 Å². The number of benzene rings is 2. The maximum atomic E-state index is 12.8. The number of ether oxygens (including phenoxy) is 2. The predicted molar refractivity (Wildman–Crippen MR) is 122 cm³/mol. The van der Waals surface area contributed by atoms with Gasteiger partial charge >= 0.3 is 0 Å². The Hall–Kier alpha value is -3.43. The molecule has 2 atom stereocenters. The lowest BCUT2D eigenvalue weighted by molar-refractivity contribution is -0.0594. The number of para-hydroxylation sites is 1. The normalized spacial score (nSPS) is 20.8. The summed E-state index contributed by atoms with van der Waals surface area (Å²) in [6.07, 6.45) is 0. The molecule has 0 spiro atoms. The fourth-order valence-electron chi connectivity index (χ4n) is 3.70. The van der Waals surface area contributed by atoms with Gasteiger partial charge in [-0.05, 0) is 19.1 Å². The molecule has 33 heavy (non-hydrogen) atoms. The number of alkyl halides is 1. The molecule has 170 valence electrons. The van der Waals surface area contributed by atoms with E-state index in [-0.39, 0.29) is 18.1 Å². The summed E-state index contributed by atoms with van der Waals surface area (Å²) in [5.74, 6) is 0.478. The number of hydrogen-bond donors (Lipinski definition) is 2. The largest absolute Gasteiger partial charge is 0.491 e. The second-order valence-electron chi connectivity index (χ2n) is 8.34. The number of hydrogen-bond acceptors (Lipinski definition) is 7. The van der Waals surface area contributed by atoms with Crippen molar-refractivity contribution < 1.29 is 19.1 Å². The monoisotopic (exact) mass is 467 g/mol. The summed E-state index contributed by atoms with van der Waals surface area (Å²) in [7, 11) is 0. The molecule has 3 aromatic rings. The molecule has 2 N–H and O–H groups in total. The van der Waals surface area contributed by atoms with E-state index in [1.807, 2.05) is 37.3 Å². The van der Waals surface area contributed by atoms with Crippen molar-refractivity contribution in [3.8, 4) is 17.1 Å². The molecule has 2 unspecified atom stereocenters. The van der Waals surface area contributed by atoms with Crippen LogP contribution in [0.4, 0.5) is 5.95 Å². The van der Waals surface area contributed by atoms with Gasteiger partial charge in [-0.15, -0.1) is 16.7 Å². The number of aromatic nitrogens is 3. The van der Waals surface area contributed by atoms with Crippen LogP contribution in [0.15, 0.2) is 54.6 Å². The number of fused-ring (bicyclic) bond motifs is 1. The van der Waals surface area contributed by atoms with Gasteiger partial charge in [0, 0.05) is 5.56 Å². The highest BCUT2D eigenvalue weighted by atomic mass is 35.5. The number of anilines is 1. The number of nitrogens with zero attached hydrogens (tertiary/aromatic N) is 3. The topological polar surface area (TPSA) is 107 Å². The molecule has 0 aliphatic carbocycles. The molecular formula is C23H22ClN5O4. The average molecular weight is 468 g/mol. The Bertz CT molecular complexity index is 1190. The van der Waals surface area contributed by atoms with Gasteiger partial charge in [0.15, 0.2) is 5.82 Å². The van der Waals surface area contributed by atoms with Crippen molar-refractivity contribution in [1.82, 2.24) is 20.1 Å².